The Morgan fingerprint density at radius 3 is 2.93 bits per heavy atom. The average molecular weight is 383 g/mol. The number of hydrogen-bond donors (Lipinski definition) is 1. The van der Waals surface area contributed by atoms with E-state index in [0.717, 1.165) is 33.5 Å². The second-order valence-corrected chi connectivity index (χ2v) is 9.36. The second-order valence-electron chi connectivity index (χ2n) is 7.10. The van der Waals surface area contributed by atoms with Gasteiger partial charge in [-0.2, -0.15) is 14.7 Å². The van der Waals surface area contributed by atoms with Crippen molar-refractivity contribution >= 4 is 21.1 Å². The Bertz CT molecular complexity index is 1210. The maximum Gasteiger partial charge on any atom is 0.213 e. The van der Waals surface area contributed by atoms with E-state index in [9.17, 15) is 13.7 Å². The first-order chi connectivity index (χ1) is 13.0. The van der Waals surface area contributed by atoms with Crippen LogP contribution in [0.5, 0.6) is 0 Å². The first-order valence-electron chi connectivity index (χ1n) is 8.72. The largest absolute Gasteiger partial charge is 0.346 e. The van der Waals surface area contributed by atoms with Gasteiger partial charge in [0.25, 0.3) is 0 Å². The van der Waals surface area contributed by atoms with Gasteiger partial charge in [-0.05, 0) is 12.5 Å². The van der Waals surface area contributed by atoms with Gasteiger partial charge in [-0.25, -0.2) is 18.4 Å². The minimum absolute atomic E-state index is 0.0550. The maximum atomic E-state index is 12.1. The van der Waals surface area contributed by atoms with Crippen LogP contribution in [0.4, 0.5) is 0 Å². The van der Waals surface area contributed by atoms with Crippen LogP contribution >= 0.6 is 0 Å². The Balaban J connectivity index is 1.57. The van der Waals surface area contributed by atoms with Crippen LogP contribution in [-0.2, 0) is 22.0 Å². The molecule has 4 heterocycles. The number of H-pyrrole nitrogens is 1. The van der Waals surface area contributed by atoms with Crippen LogP contribution in [0.2, 0.25) is 0 Å². The van der Waals surface area contributed by atoms with E-state index in [1.165, 1.54) is 10.6 Å². The van der Waals surface area contributed by atoms with Gasteiger partial charge >= 0.3 is 0 Å². The number of aromatic nitrogens is 5. The fourth-order valence-electron chi connectivity index (χ4n) is 4.01. The number of hydrogen-bond acceptors (Lipinski definition) is 6. The third kappa shape index (κ3) is 2.18. The molecule has 3 aromatic rings. The summed E-state index contributed by atoms with van der Waals surface area (Å²) in [7, 11) is -3.27. The highest BCUT2D eigenvalue weighted by Crippen LogP contribution is 2.40. The molecule has 3 aromatic heterocycles. The number of nitrogens with one attached hydrogen (secondary N) is 1. The zero-order chi connectivity index (χ0) is 18.8. The molecule has 0 unspecified atom stereocenters. The molecule has 2 aliphatic rings. The average Bonchev–Trinajstić information content (AvgIpc) is 3.24. The highest BCUT2D eigenvalue weighted by Gasteiger charge is 2.50. The summed E-state index contributed by atoms with van der Waals surface area (Å²) in [5.74, 6) is 0.0550. The van der Waals surface area contributed by atoms with E-state index >= 15 is 0 Å². The van der Waals surface area contributed by atoms with Crippen molar-refractivity contribution in [3.05, 3.63) is 30.0 Å². The van der Waals surface area contributed by atoms with E-state index < -0.39 is 15.6 Å². The van der Waals surface area contributed by atoms with Crippen LogP contribution in [0.3, 0.4) is 0 Å². The highest BCUT2D eigenvalue weighted by molar-refractivity contribution is 7.89. The molecule has 0 bridgehead atoms. The topological polar surface area (TPSA) is 121 Å². The molecule has 1 aliphatic carbocycles. The van der Waals surface area contributed by atoms with Gasteiger partial charge in [0, 0.05) is 42.9 Å². The summed E-state index contributed by atoms with van der Waals surface area (Å²) in [6.45, 7) is 2.16. The first-order valence-corrected chi connectivity index (χ1v) is 10.3. The highest BCUT2D eigenvalue weighted by atomic mass is 32.2. The molecule has 1 saturated heterocycles. The number of nitrogens with zero attached hydrogens (tertiary/aromatic N) is 6. The third-order valence-corrected chi connectivity index (χ3v) is 7.32. The molecule has 0 spiro atoms. The van der Waals surface area contributed by atoms with Gasteiger partial charge in [-0.3, -0.25) is 4.68 Å². The minimum atomic E-state index is -3.27. The van der Waals surface area contributed by atoms with Crippen molar-refractivity contribution in [2.75, 3.05) is 18.8 Å². The van der Waals surface area contributed by atoms with Crippen LogP contribution in [0.1, 0.15) is 24.6 Å². The van der Waals surface area contributed by atoms with Crippen LogP contribution < -0.4 is 0 Å². The Hall–Kier alpha value is -2.77. The molecule has 0 saturated carbocycles. The fourth-order valence-corrected chi connectivity index (χ4v) is 5.25. The number of aromatic amines is 1. The fraction of sp³-hybridized carbons (Fsp3) is 0.412. The summed E-state index contributed by atoms with van der Waals surface area (Å²) in [5.41, 5.74) is 3.89. The molecule has 0 aromatic carbocycles. The Morgan fingerprint density at radius 1 is 1.37 bits per heavy atom. The van der Waals surface area contributed by atoms with E-state index in [-0.39, 0.29) is 25.3 Å². The molecule has 0 radical (unpaired) electrons. The zero-order valence-corrected chi connectivity index (χ0v) is 15.5. The quantitative estimate of drug-likeness (QED) is 0.561. The van der Waals surface area contributed by atoms with Gasteiger partial charge in [0.2, 0.25) is 10.0 Å². The van der Waals surface area contributed by atoms with Crippen molar-refractivity contribution in [3.63, 3.8) is 0 Å². The van der Waals surface area contributed by atoms with Gasteiger partial charge in [0.15, 0.2) is 0 Å². The summed E-state index contributed by atoms with van der Waals surface area (Å²) in [6, 6.07) is 2.20. The van der Waals surface area contributed by atoms with Gasteiger partial charge in [-0.1, -0.05) is 0 Å². The van der Waals surface area contributed by atoms with Crippen molar-refractivity contribution in [1.82, 2.24) is 29.0 Å². The van der Waals surface area contributed by atoms with E-state index in [2.05, 4.69) is 21.0 Å². The molecule has 9 nitrogen and oxygen atoms in total. The van der Waals surface area contributed by atoms with Crippen molar-refractivity contribution in [2.24, 2.45) is 0 Å². The lowest BCUT2D eigenvalue weighted by Gasteiger charge is -2.47. The van der Waals surface area contributed by atoms with Gasteiger partial charge < -0.3 is 4.98 Å². The number of fused-ring (bicyclic) bond motifs is 2. The van der Waals surface area contributed by atoms with E-state index in [1.54, 1.807) is 11.6 Å². The lowest BCUT2D eigenvalue weighted by molar-refractivity contribution is 0.0715. The first kappa shape index (κ1) is 16.4. The van der Waals surface area contributed by atoms with E-state index in [1.807, 2.05) is 12.4 Å². The monoisotopic (exact) mass is 383 g/mol. The van der Waals surface area contributed by atoms with Crippen molar-refractivity contribution in [3.8, 4) is 17.3 Å². The molecule has 27 heavy (non-hydrogen) atoms. The van der Waals surface area contributed by atoms with Crippen molar-refractivity contribution in [2.45, 2.75) is 25.3 Å². The summed E-state index contributed by atoms with van der Waals surface area (Å²) in [5, 5.41) is 15.1. The number of nitriles is 1. The predicted octanol–water partition coefficient (Wildman–Crippen LogP) is 1.000. The molecular weight excluding hydrogens is 366 g/mol. The number of sulfonamides is 1. The molecule has 138 valence electrons. The van der Waals surface area contributed by atoms with Gasteiger partial charge in [0.1, 0.15) is 17.5 Å². The molecule has 1 fully saturated rings. The molecule has 1 N–H and O–H groups in total. The van der Waals surface area contributed by atoms with Crippen molar-refractivity contribution < 1.29 is 8.42 Å². The van der Waals surface area contributed by atoms with Gasteiger partial charge in [0.05, 0.1) is 29.6 Å². The predicted molar refractivity (Wildman–Crippen MR) is 97.2 cm³/mol. The Labute approximate surface area is 155 Å². The minimum Gasteiger partial charge on any atom is -0.346 e. The Kier molecular flexibility index (Phi) is 3.26. The lowest BCUT2D eigenvalue weighted by Crippen LogP contribution is -2.64. The molecule has 10 heteroatoms. The molecule has 1 aliphatic heterocycles. The normalized spacial score (nSPS) is 18.1. The summed E-state index contributed by atoms with van der Waals surface area (Å²) in [4.78, 5) is 11.9. The maximum absolute atomic E-state index is 12.1. The summed E-state index contributed by atoms with van der Waals surface area (Å²) >= 11 is 0. The standard InChI is InChI=1S/C17H17N7O2S/c1-2-27(25,26)23-8-17(9-23,3-4-18)24-7-12-13(22-24)5-11-6-19-16-14(11)15(12)20-10-21-16/h6-7,10H,2-3,5,8-9H2,1H3,(H,19,20,21). The smallest absolute Gasteiger partial charge is 0.213 e. The van der Waals surface area contributed by atoms with Crippen LogP contribution in [0.15, 0.2) is 18.7 Å². The molecular formula is C17H17N7O2S. The lowest BCUT2D eigenvalue weighted by atomic mass is 9.89. The SMILES string of the molecule is CCS(=O)(=O)N1CC(CC#N)(n2cc3c(n2)Cc2c[nH]c4ncnc-3c24)C1. The zero-order valence-electron chi connectivity index (χ0n) is 14.7. The molecule has 0 amide bonds. The van der Waals surface area contributed by atoms with E-state index in [0.29, 0.717) is 6.42 Å². The summed E-state index contributed by atoms with van der Waals surface area (Å²) < 4.78 is 27.5. The van der Waals surface area contributed by atoms with Crippen molar-refractivity contribution in [1.29, 1.82) is 5.26 Å². The van der Waals surface area contributed by atoms with Crippen LogP contribution in [-0.4, -0.2) is 56.3 Å². The summed E-state index contributed by atoms with van der Waals surface area (Å²) in [6.07, 6.45) is 6.21. The molecule has 0 atom stereocenters. The van der Waals surface area contributed by atoms with E-state index in [4.69, 9.17) is 5.10 Å². The third-order valence-electron chi connectivity index (χ3n) is 5.55. The number of rotatable bonds is 4. The van der Waals surface area contributed by atoms with Gasteiger partial charge in [-0.15, -0.1) is 0 Å². The van der Waals surface area contributed by atoms with Crippen LogP contribution in [0.25, 0.3) is 22.3 Å². The Morgan fingerprint density at radius 2 is 2.19 bits per heavy atom. The molecule has 5 rings (SSSR count). The van der Waals surface area contributed by atoms with Crippen LogP contribution in [0, 0.1) is 11.3 Å². The second kappa shape index (κ2) is 5.37.